The Morgan fingerprint density at radius 1 is 1.09 bits per heavy atom. The summed E-state index contributed by atoms with van der Waals surface area (Å²) >= 11 is 0. The summed E-state index contributed by atoms with van der Waals surface area (Å²) in [6.45, 7) is 0. The van der Waals surface area contributed by atoms with E-state index in [-0.39, 0.29) is 0 Å². The standard InChI is InChI=1S/C18H19FN4/c1-22-16-6-7-20-10-15(16)14-4-5-17(21-18(14)22)23-12-2-3-13(23)9-11(19)8-12/h4-7,10-13H,2-3,8-9H2,1H3/t11?,12-,13+/i19-1. The zero-order valence-electron chi connectivity index (χ0n) is 13.1. The first-order valence-corrected chi connectivity index (χ1v) is 8.34. The molecule has 2 aliphatic heterocycles. The Kier molecular flexibility index (Phi) is 2.69. The molecule has 2 fully saturated rings. The molecule has 0 saturated carbocycles. The van der Waals surface area contributed by atoms with Crippen molar-refractivity contribution in [1.82, 2.24) is 14.5 Å². The van der Waals surface area contributed by atoms with Crippen LogP contribution in [0.5, 0.6) is 0 Å². The highest BCUT2D eigenvalue weighted by Crippen LogP contribution is 2.40. The zero-order valence-corrected chi connectivity index (χ0v) is 13.1. The third-order valence-electron chi connectivity index (χ3n) is 5.57. The lowest BCUT2D eigenvalue weighted by Gasteiger charge is -2.37. The van der Waals surface area contributed by atoms with Crippen molar-refractivity contribution in [2.45, 2.75) is 43.9 Å². The maximum absolute atomic E-state index is 13.8. The third kappa shape index (κ3) is 1.82. The summed E-state index contributed by atoms with van der Waals surface area (Å²) in [5.74, 6) is 0.996. The molecule has 4 nitrogen and oxygen atoms in total. The summed E-state index contributed by atoms with van der Waals surface area (Å²) in [4.78, 5) is 11.5. The van der Waals surface area contributed by atoms with Crippen molar-refractivity contribution in [2.24, 2.45) is 7.05 Å². The number of anilines is 1. The predicted molar refractivity (Wildman–Crippen MR) is 89.4 cm³/mol. The lowest BCUT2D eigenvalue weighted by Crippen LogP contribution is -2.44. The molecule has 0 spiro atoms. The van der Waals surface area contributed by atoms with Crippen LogP contribution in [0.2, 0.25) is 0 Å². The first-order chi connectivity index (χ1) is 11.2. The number of aromatic nitrogens is 3. The summed E-state index contributed by atoms with van der Waals surface area (Å²) in [5, 5.41) is 2.27. The van der Waals surface area contributed by atoms with E-state index in [9.17, 15) is 4.39 Å². The van der Waals surface area contributed by atoms with Crippen LogP contribution in [0, 0.1) is 0 Å². The third-order valence-corrected chi connectivity index (χ3v) is 5.57. The second-order valence-electron chi connectivity index (χ2n) is 6.85. The van der Waals surface area contributed by atoms with Gasteiger partial charge in [0.25, 0.3) is 0 Å². The number of rotatable bonds is 1. The summed E-state index contributed by atoms with van der Waals surface area (Å²) < 4.78 is 15.9. The highest BCUT2D eigenvalue weighted by atomic mass is 18.2. The van der Waals surface area contributed by atoms with Crippen LogP contribution in [-0.2, 0) is 7.05 Å². The molecule has 2 bridgehead atoms. The number of piperidine rings is 1. The number of nitrogens with zero attached hydrogens (tertiary/aromatic N) is 4. The van der Waals surface area contributed by atoms with Gasteiger partial charge in [0.05, 0.1) is 5.52 Å². The van der Waals surface area contributed by atoms with Gasteiger partial charge in [0, 0.05) is 42.3 Å². The van der Waals surface area contributed by atoms with E-state index in [4.69, 9.17) is 4.98 Å². The second-order valence-corrected chi connectivity index (χ2v) is 6.85. The van der Waals surface area contributed by atoms with Crippen molar-refractivity contribution in [3.05, 3.63) is 30.6 Å². The van der Waals surface area contributed by atoms with Gasteiger partial charge in [0.2, 0.25) is 0 Å². The number of hydrogen-bond acceptors (Lipinski definition) is 3. The van der Waals surface area contributed by atoms with Crippen molar-refractivity contribution in [3.63, 3.8) is 0 Å². The first-order valence-electron chi connectivity index (χ1n) is 8.34. The monoisotopic (exact) mass is 309 g/mol. The molecule has 0 N–H and O–H groups in total. The van der Waals surface area contributed by atoms with E-state index in [2.05, 4.69) is 26.6 Å². The lowest BCUT2D eigenvalue weighted by atomic mass is 10.0. The van der Waals surface area contributed by atoms with Crippen LogP contribution in [0.25, 0.3) is 21.9 Å². The first kappa shape index (κ1) is 13.3. The van der Waals surface area contributed by atoms with Gasteiger partial charge >= 0.3 is 0 Å². The molecule has 3 aromatic rings. The molecule has 5 rings (SSSR count). The van der Waals surface area contributed by atoms with Gasteiger partial charge in [-0.1, -0.05) is 0 Å². The molecule has 5 heterocycles. The molecule has 0 amide bonds. The summed E-state index contributed by atoms with van der Waals surface area (Å²) in [7, 11) is 2.05. The molecule has 0 aromatic carbocycles. The molecule has 0 aliphatic carbocycles. The topological polar surface area (TPSA) is 34.0 Å². The Morgan fingerprint density at radius 2 is 1.87 bits per heavy atom. The number of fused-ring (bicyclic) bond motifs is 5. The van der Waals surface area contributed by atoms with Crippen molar-refractivity contribution in [1.29, 1.82) is 0 Å². The van der Waals surface area contributed by atoms with E-state index >= 15 is 0 Å². The number of pyridine rings is 2. The van der Waals surface area contributed by atoms with Crippen molar-refractivity contribution in [2.75, 3.05) is 4.90 Å². The van der Waals surface area contributed by atoms with E-state index < -0.39 is 6.17 Å². The fourth-order valence-electron chi connectivity index (χ4n) is 4.53. The molecular formula is C18H19FN4. The number of aryl methyl sites for hydroxylation is 1. The Morgan fingerprint density at radius 3 is 2.65 bits per heavy atom. The van der Waals surface area contributed by atoms with E-state index in [0.29, 0.717) is 24.9 Å². The maximum Gasteiger partial charge on any atom is 0.143 e. The van der Waals surface area contributed by atoms with Gasteiger partial charge in [0.1, 0.15) is 17.6 Å². The largest absolute Gasteiger partial charge is 0.350 e. The van der Waals surface area contributed by atoms with Crippen LogP contribution in [0.15, 0.2) is 30.6 Å². The second kappa shape index (κ2) is 4.66. The Balaban J connectivity index is 1.66. The van der Waals surface area contributed by atoms with Crippen LogP contribution in [0.1, 0.15) is 25.7 Å². The van der Waals surface area contributed by atoms with Crippen LogP contribution in [0.4, 0.5) is 10.2 Å². The molecule has 118 valence electrons. The fraction of sp³-hybridized carbons (Fsp3) is 0.444. The van der Waals surface area contributed by atoms with Gasteiger partial charge < -0.3 is 9.47 Å². The predicted octanol–water partition coefficient (Wildman–Crippen LogP) is 3.59. The van der Waals surface area contributed by atoms with E-state index in [1.165, 1.54) is 0 Å². The SMILES string of the molecule is Cn1c2ccncc2c2ccc(N3[C@@H]4CC[C@H]3CC([18F])C4)nc21. The zero-order chi connectivity index (χ0) is 15.6. The minimum atomic E-state index is -0.642. The van der Waals surface area contributed by atoms with Gasteiger partial charge in [0.15, 0.2) is 0 Å². The number of hydrogen-bond donors (Lipinski definition) is 0. The molecule has 2 saturated heterocycles. The average Bonchev–Trinajstić information content (AvgIpc) is 3.00. The summed E-state index contributed by atoms with van der Waals surface area (Å²) in [5.41, 5.74) is 2.12. The average molecular weight is 309 g/mol. The molecule has 2 aliphatic rings. The fourth-order valence-corrected chi connectivity index (χ4v) is 4.53. The van der Waals surface area contributed by atoms with Crippen LogP contribution in [-0.4, -0.2) is 32.8 Å². The maximum atomic E-state index is 13.8. The Bertz CT molecular complexity index is 889. The van der Waals surface area contributed by atoms with Crippen LogP contribution >= 0.6 is 0 Å². The van der Waals surface area contributed by atoms with Crippen molar-refractivity contribution in [3.8, 4) is 0 Å². The van der Waals surface area contributed by atoms with Gasteiger partial charge in [-0.3, -0.25) is 4.98 Å². The molecule has 3 atom stereocenters. The normalized spacial score (nSPS) is 27.2. The molecule has 23 heavy (non-hydrogen) atoms. The van der Waals surface area contributed by atoms with Crippen LogP contribution < -0.4 is 4.90 Å². The molecule has 3 aromatic heterocycles. The molecule has 1 unspecified atom stereocenters. The highest BCUT2D eigenvalue weighted by molar-refractivity contribution is 6.06. The lowest BCUT2D eigenvalue weighted by molar-refractivity contribution is 0.242. The van der Waals surface area contributed by atoms with E-state index in [1.54, 1.807) is 0 Å². The quantitative estimate of drug-likeness (QED) is 0.689. The van der Waals surface area contributed by atoms with Crippen LogP contribution in [0.3, 0.4) is 0 Å². The van der Waals surface area contributed by atoms with Gasteiger partial charge in [-0.15, -0.1) is 0 Å². The summed E-state index contributed by atoms with van der Waals surface area (Å²) in [6, 6.07) is 6.88. The van der Waals surface area contributed by atoms with Gasteiger partial charge in [-0.2, -0.15) is 0 Å². The smallest absolute Gasteiger partial charge is 0.143 e. The molecular weight excluding hydrogens is 290 g/mol. The summed E-state index contributed by atoms with van der Waals surface area (Å²) in [6.07, 6.45) is 6.54. The minimum absolute atomic E-state index is 0.310. The van der Waals surface area contributed by atoms with E-state index in [1.807, 2.05) is 25.5 Å². The molecule has 0 radical (unpaired) electrons. The number of halogens is 1. The van der Waals surface area contributed by atoms with Gasteiger partial charge in [-0.05, 0) is 43.9 Å². The molecule has 5 heteroatoms. The highest BCUT2D eigenvalue weighted by Gasteiger charge is 2.41. The number of alkyl halides is 1. The minimum Gasteiger partial charge on any atom is -0.350 e. The van der Waals surface area contributed by atoms with Crippen molar-refractivity contribution >= 4 is 27.8 Å². The van der Waals surface area contributed by atoms with Crippen molar-refractivity contribution < 1.29 is 4.39 Å². The van der Waals surface area contributed by atoms with Gasteiger partial charge in [-0.25, -0.2) is 9.37 Å². The Hall–Kier alpha value is -2.17. The van der Waals surface area contributed by atoms with E-state index in [0.717, 1.165) is 40.6 Å². The Labute approximate surface area is 133 Å².